The van der Waals surface area contributed by atoms with Gasteiger partial charge in [0, 0.05) is 5.41 Å². The van der Waals surface area contributed by atoms with Crippen molar-refractivity contribution >= 4 is 5.97 Å². The first kappa shape index (κ1) is 27.2. The summed E-state index contributed by atoms with van der Waals surface area (Å²) in [7, 11) is 5.84. The zero-order valence-electron chi connectivity index (χ0n) is 19.9. The van der Waals surface area contributed by atoms with Crippen LogP contribution in [0.4, 0.5) is 0 Å². The molecule has 1 atom stereocenters. The first-order chi connectivity index (χ1) is 13.1. The van der Waals surface area contributed by atoms with Gasteiger partial charge in [-0.2, -0.15) is 0 Å². The lowest BCUT2D eigenvalue weighted by Gasteiger charge is -2.44. The van der Waals surface area contributed by atoms with Crippen molar-refractivity contribution in [2.24, 2.45) is 5.41 Å². The van der Waals surface area contributed by atoms with Crippen molar-refractivity contribution in [1.29, 1.82) is 0 Å². The lowest BCUT2D eigenvalue weighted by Crippen LogP contribution is -2.61. The van der Waals surface area contributed by atoms with E-state index < -0.39 is 12.0 Å². The number of unbranched alkanes of at least 4 members (excludes halogenated alkanes) is 11. The smallest absolute Gasteiger partial charge is 0.134 e. The average Bonchev–Trinajstić information content (AvgIpc) is 2.56. The third kappa shape index (κ3) is 13.4. The predicted octanol–water partition coefficient (Wildman–Crippen LogP) is 5.87. The number of quaternary nitrogens is 1. The van der Waals surface area contributed by atoms with E-state index in [-0.39, 0.29) is 5.41 Å². The average molecular weight is 396 g/mol. The number of carbonyl (C=O) groups excluding carboxylic acids is 1. The summed E-state index contributed by atoms with van der Waals surface area (Å²) in [5.74, 6) is -0.926. The summed E-state index contributed by atoms with van der Waals surface area (Å²) in [4.78, 5) is 11.6. The third-order valence-corrected chi connectivity index (χ3v) is 5.82. The van der Waals surface area contributed by atoms with Crippen molar-refractivity contribution < 1.29 is 14.4 Å². The van der Waals surface area contributed by atoms with E-state index in [0.717, 1.165) is 12.8 Å². The molecule has 0 fully saturated rings. The van der Waals surface area contributed by atoms with Crippen LogP contribution in [0.25, 0.3) is 0 Å². The second kappa shape index (κ2) is 15.1. The zero-order valence-corrected chi connectivity index (χ0v) is 19.9. The highest BCUT2D eigenvalue weighted by Gasteiger charge is 2.39. The molecule has 3 heteroatoms. The van der Waals surface area contributed by atoms with Crippen molar-refractivity contribution in [2.75, 3.05) is 21.1 Å². The van der Waals surface area contributed by atoms with Crippen LogP contribution in [0.2, 0.25) is 0 Å². The van der Waals surface area contributed by atoms with E-state index in [1.807, 2.05) is 21.1 Å². The molecule has 0 N–H and O–H groups in total. The SMILES string of the molecule is CCCCCCCC/C=C\CCCCCCCC(C)(C)C(C(=O)[O-])[N+](C)(C)C. The number of rotatable bonds is 18. The van der Waals surface area contributed by atoms with Crippen molar-refractivity contribution in [3.05, 3.63) is 12.2 Å². The van der Waals surface area contributed by atoms with E-state index >= 15 is 0 Å². The molecule has 0 heterocycles. The fourth-order valence-corrected chi connectivity index (χ4v) is 4.47. The van der Waals surface area contributed by atoms with Gasteiger partial charge in [0.15, 0.2) is 0 Å². The van der Waals surface area contributed by atoms with Crippen molar-refractivity contribution in [3.8, 4) is 0 Å². The highest BCUT2D eigenvalue weighted by molar-refractivity contribution is 5.70. The molecule has 0 spiro atoms. The summed E-state index contributed by atoms with van der Waals surface area (Å²) in [6, 6.07) is -0.468. The van der Waals surface area contributed by atoms with Crippen LogP contribution in [0.3, 0.4) is 0 Å². The first-order valence-corrected chi connectivity index (χ1v) is 11.8. The van der Waals surface area contributed by atoms with Crippen molar-refractivity contribution in [2.45, 2.75) is 117 Å². The van der Waals surface area contributed by atoms with Gasteiger partial charge in [-0.3, -0.25) is 0 Å². The van der Waals surface area contributed by atoms with Gasteiger partial charge in [-0.05, 0) is 32.1 Å². The summed E-state index contributed by atoms with van der Waals surface area (Å²) in [5, 5.41) is 11.6. The monoisotopic (exact) mass is 395 g/mol. The minimum absolute atomic E-state index is 0.240. The standard InChI is InChI=1S/C25H49NO2/c1-7-8-9-10-11-12-13-14-15-16-17-18-19-20-21-22-25(2,3)23(24(27)28)26(4,5)6/h14-15,23H,7-13,16-22H2,1-6H3/b15-14-. The minimum Gasteiger partial charge on any atom is -0.544 e. The van der Waals surface area contributed by atoms with Crippen molar-refractivity contribution in [3.63, 3.8) is 0 Å². The Balaban J connectivity index is 3.73. The Morgan fingerprint density at radius 1 is 0.821 bits per heavy atom. The van der Waals surface area contributed by atoms with Gasteiger partial charge in [-0.1, -0.05) is 90.7 Å². The second-order valence-corrected chi connectivity index (χ2v) is 10.2. The normalized spacial score (nSPS) is 13.9. The quantitative estimate of drug-likeness (QED) is 0.165. The molecule has 0 aromatic heterocycles. The molecule has 0 saturated carbocycles. The molecule has 0 rings (SSSR count). The van der Waals surface area contributed by atoms with E-state index in [9.17, 15) is 9.90 Å². The molecule has 0 aliphatic rings. The molecule has 0 saturated heterocycles. The lowest BCUT2D eigenvalue weighted by atomic mass is 9.78. The van der Waals surface area contributed by atoms with Gasteiger partial charge in [0.2, 0.25) is 0 Å². The summed E-state index contributed by atoms with van der Waals surface area (Å²) < 4.78 is 0.417. The molecule has 0 amide bonds. The third-order valence-electron chi connectivity index (χ3n) is 5.82. The van der Waals surface area contributed by atoms with E-state index in [0.29, 0.717) is 4.48 Å². The van der Waals surface area contributed by atoms with Gasteiger partial charge in [-0.15, -0.1) is 0 Å². The summed E-state index contributed by atoms with van der Waals surface area (Å²) in [5.41, 5.74) is -0.240. The molecule has 0 aromatic carbocycles. The number of carboxylic acid groups (broad SMARTS) is 1. The molecule has 0 aromatic rings. The predicted molar refractivity (Wildman–Crippen MR) is 120 cm³/mol. The molecule has 1 unspecified atom stereocenters. The topological polar surface area (TPSA) is 40.1 Å². The summed E-state index contributed by atoms with van der Waals surface area (Å²) >= 11 is 0. The highest BCUT2D eigenvalue weighted by atomic mass is 16.4. The molecule has 0 radical (unpaired) electrons. The molecule has 0 aliphatic carbocycles. The van der Waals surface area contributed by atoms with Crippen LogP contribution in [-0.2, 0) is 4.79 Å². The molecule has 0 aliphatic heterocycles. The van der Waals surface area contributed by atoms with E-state index in [2.05, 4.69) is 32.9 Å². The molecule has 166 valence electrons. The van der Waals surface area contributed by atoms with Crippen LogP contribution in [0.15, 0.2) is 12.2 Å². The van der Waals surface area contributed by atoms with E-state index in [1.54, 1.807) is 0 Å². The fraction of sp³-hybridized carbons (Fsp3) is 0.880. The Labute approximate surface area is 176 Å². The fourth-order valence-electron chi connectivity index (χ4n) is 4.47. The second-order valence-electron chi connectivity index (χ2n) is 10.2. The van der Waals surface area contributed by atoms with Gasteiger partial charge in [0.1, 0.15) is 6.04 Å². The number of aliphatic carboxylic acids is 1. The number of allylic oxidation sites excluding steroid dienone is 2. The maximum atomic E-state index is 11.6. The number of nitrogens with zero attached hydrogens (tertiary/aromatic N) is 1. The summed E-state index contributed by atoms with van der Waals surface area (Å²) in [6.07, 6.45) is 22.5. The molecule has 0 bridgehead atoms. The Morgan fingerprint density at radius 3 is 1.68 bits per heavy atom. The number of hydrogen-bond donors (Lipinski definition) is 0. The van der Waals surface area contributed by atoms with Gasteiger partial charge in [0.25, 0.3) is 0 Å². The molecule has 3 nitrogen and oxygen atoms in total. The molecular weight excluding hydrogens is 346 g/mol. The zero-order chi connectivity index (χ0) is 21.5. The van der Waals surface area contributed by atoms with E-state index in [4.69, 9.17) is 0 Å². The Bertz CT molecular complexity index is 421. The summed E-state index contributed by atoms with van der Waals surface area (Å²) in [6.45, 7) is 6.42. The van der Waals surface area contributed by atoms with Crippen LogP contribution in [0.1, 0.15) is 111 Å². The number of carbonyl (C=O) groups is 1. The Morgan fingerprint density at radius 2 is 1.25 bits per heavy atom. The molecule has 28 heavy (non-hydrogen) atoms. The van der Waals surface area contributed by atoms with Crippen LogP contribution >= 0.6 is 0 Å². The Kier molecular flexibility index (Phi) is 14.6. The largest absolute Gasteiger partial charge is 0.544 e. The van der Waals surface area contributed by atoms with Crippen LogP contribution in [0.5, 0.6) is 0 Å². The number of hydrogen-bond acceptors (Lipinski definition) is 2. The van der Waals surface area contributed by atoms with Gasteiger partial charge >= 0.3 is 0 Å². The minimum atomic E-state index is -0.926. The van der Waals surface area contributed by atoms with Gasteiger partial charge < -0.3 is 14.4 Å². The molecular formula is C25H49NO2. The van der Waals surface area contributed by atoms with Gasteiger partial charge in [0.05, 0.1) is 27.1 Å². The van der Waals surface area contributed by atoms with Crippen molar-refractivity contribution in [1.82, 2.24) is 0 Å². The van der Waals surface area contributed by atoms with Crippen LogP contribution < -0.4 is 5.11 Å². The van der Waals surface area contributed by atoms with E-state index in [1.165, 1.54) is 77.0 Å². The maximum Gasteiger partial charge on any atom is 0.134 e. The van der Waals surface area contributed by atoms with Crippen LogP contribution in [-0.4, -0.2) is 37.6 Å². The number of likely N-dealkylation sites (N-methyl/N-ethyl adjacent to an activating group) is 1. The number of carboxylic acids is 1. The first-order valence-electron chi connectivity index (χ1n) is 11.8. The van der Waals surface area contributed by atoms with Gasteiger partial charge in [-0.25, -0.2) is 0 Å². The lowest BCUT2D eigenvalue weighted by molar-refractivity contribution is -0.896. The van der Waals surface area contributed by atoms with Crippen LogP contribution in [0, 0.1) is 5.41 Å². The Hall–Kier alpha value is -0.830. The highest BCUT2D eigenvalue weighted by Crippen LogP contribution is 2.32. The maximum absolute atomic E-state index is 11.6.